The highest BCUT2D eigenvalue weighted by atomic mass is 35.5. The molecule has 3 aromatic rings. The third-order valence-corrected chi connectivity index (χ3v) is 6.87. The molecule has 36 heavy (non-hydrogen) atoms. The molecule has 0 aliphatic carbocycles. The Balaban J connectivity index is 2.06. The summed E-state index contributed by atoms with van der Waals surface area (Å²) in [4.78, 5) is 41.9. The summed E-state index contributed by atoms with van der Waals surface area (Å²) >= 11 is 7.55. The molecular weight excluding hydrogens is 498 g/mol. The first-order valence-electron chi connectivity index (χ1n) is 11.5. The van der Waals surface area contributed by atoms with Gasteiger partial charge in [-0.1, -0.05) is 42.8 Å². The van der Waals surface area contributed by atoms with Gasteiger partial charge < -0.3 is 15.4 Å². The van der Waals surface area contributed by atoms with Crippen molar-refractivity contribution >= 4 is 46.3 Å². The Labute approximate surface area is 220 Å². The summed E-state index contributed by atoms with van der Waals surface area (Å²) in [6, 6.07) is 16.1. The van der Waals surface area contributed by atoms with E-state index in [-0.39, 0.29) is 18.4 Å². The number of thiophene rings is 1. The number of hydrogen-bond donors (Lipinski definition) is 2. The van der Waals surface area contributed by atoms with Crippen molar-refractivity contribution in [2.75, 3.05) is 18.6 Å². The van der Waals surface area contributed by atoms with E-state index in [1.165, 1.54) is 23.3 Å². The summed E-state index contributed by atoms with van der Waals surface area (Å²) in [5.74, 6) is -0.657. The van der Waals surface area contributed by atoms with Gasteiger partial charge in [-0.15, -0.1) is 11.3 Å². The highest BCUT2D eigenvalue weighted by molar-refractivity contribution is 7.12. The van der Waals surface area contributed by atoms with Crippen molar-refractivity contribution in [3.05, 3.63) is 81.5 Å². The molecule has 2 aromatic carbocycles. The average molecular weight is 528 g/mol. The van der Waals surface area contributed by atoms with E-state index in [1.807, 2.05) is 20.8 Å². The van der Waals surface area contributed by atoms with Crippen LogP contribution in [-0.4, -0.2) is 36.9 Å². The van der Waals surface area contributed by atoms with E-state index in [9.17, 15) is 14.4 Å². The quantitative estimate of drug-likeness (QED) is 0.378. The maximum Gasteiger partial charge on any atom is 0.261 e. The number of rotatable bonds is 10. The largest absolute Gasteiger partial charge is 0.497 e. The first kappa shape index (κ1) is 27.2. The normalized spacial score (nSPS) is 11.9. The second-order valence-electron chi connectivity index (χ2n) is 8.81. The molecule has 0 bridgehead atoms. The lowest BCUT2D eigenvalue weighted by molar-refractivity contribution is -0.127. The van der Waals surface area contributed by atoms with E-state index < -0.39 is 17.5 Å². The summed E-state index contributed by atoms with van der Waals surface area (Å²) in [7, 11) is 1.54. The van der Waals surface area contributed by atoms with Gasteiger partial charge in [0, 0.05) is 16.2 Å². The number of methoxy groups -OCH3 is 1. The van der Waals surface area contributed by atoms with Crippen molar-refractivity contribution in [2.45, 2.75) is 38.8 Å². The maximum atomic E-state index is 13.8. The third kappa shape index (κ3) is 6.86. The van der Waals surface area contributed by atoms with Crippen molar-refractivity contribution < 1.29 is 19.1 Å². The number of nitrogens with one attached hydrogen (secondary N) is 2. The van der Waals surface area contributed by atoms with E-state index in [0.29, 0.717) is 33.3 Å². The van der Waals surface area contributed by atoms with Crippen molar-refractivity contribution in [2.24, 2.45) is 0 Å². The van der Waals surface area contributed by atoms with Gasteiger partial charge in [0.05, 0.1) is 18.5 Å². The summed E-state index contributed by atoms with van der Waals surface area (Å²) in [5.41, 5.74) is 0.469. The van der Waals surface area contributed by atoms with Gasteiger partial charge in [-0.25, -0.2) is 0 Å². The summed E-state index contributed by atoms with van der Waals surface area (Å²) in [5, 5.41) is 7.92. The topological polar surface area (TPSA) is 87.7 Å². The van der Waals surface area contributed by atoms with Crippen molar-refractivity contribution in [1.29, 1.82) is 0 Å². The lowest BCUT2D eigenvalue weighted by atomic mass is 9.98. The number of carbonyl (C=O) groups is 3. The Hall–Kier alpha value is -3.36. The zero-order valence-electron chi connectivity index (χ0n) is 20.7. The molecule has 1 aromatic heterocycles. The van der Waals surface area contributed by atoms with Crippen LogP contribution in [0.1, 0.15) is 48.5 Å². The van der Waals surface area contributed by atoms with Crippen molar-refractivity contribution in [1.82, 2.24) is 10.6 Å². The molecule has 0 radical (unpaired) electrons. The number of halogens is 1. The monoisotopic (exact) mass is 527 g/mol. The van der Waals surface area contributed by atoms with Crippen LogP contribution in [0.3, 0.4) is 0 Å². The minimum Gasteiger partial charge on any atom is -0.497 e. The molecule has 0 aliphatic heterocycles. The molecule has 2 N–H and O–H groups in total. The minimum absolute atomic E-state index is 0.311. The molecular formula is C27H30ClN3O4S. The average Bonchev–Trinajstić information content (AvgIpc) is 3.40. The van der Waals surface area contributed by atoms with Gasteiger partial charge in [0.25, 0.3) is 5.91 Å². The minimum atomic E-state index is -1.05. The predicted molar refractivity (Wildman–Crippen MR) is 144 cm³/mol. The highest BCUT2D eigenvalue weighted by Gasteiger charge is 2.35. The van der Waals surface area contributed by atoms with E-state index in [0.717, 1.165) is 0 Å². The van der Waals surface area contributed by atoms with Crippen molar-refractivity contribution in [3.63, 3.8) is 0 Å². The van der Waals surface area contributed by atoms with Crippen LogP contribution in [0.4, 0.5) is 5.69 Å². The molecule has 9 heteroatoms. The Morgan fingerprint density at radius 3 is 2.47 bits per heavy atom. The molecule has 1 atom stereocenters. The number of nitrogens with zero attached hydrogens (tertiary/aromatic N) is 1. The molecule has 7 nitrogen and oxygen atoms in total. The summed E-state index contributed by atoms with van der Waals surface area (Å²) < 4.78 is 5.38. The van der Waals surface area contributed by atoms with Gasteiger partial charge in [-0.05, 0) is 67.6 Å². The zero-order valence-corrected chi connectivity index (χ0v) is 22.3. The van der Waals surface area contributed by atoms with Crippen LogP contribution in [0.25, 0.3) is 0 Å². The molecule has 0 saturated carbocycles. The van der Waals surface area contributed by atoms with Crippen LogP contribution in [0.5, 0.6) is 5.75 Å². The van der Waals surface area contributed by atoms with Crippen molar-refractivity contribution in [3.8, 4) is 5.75 Å². The lowest BCUT2D eigenvalue weighted by Gasteiger charge is -2.35. The molecule has 0 aliphatic rings. The van der Waals surface area contributed by atoms with E-state index in [4.69, 9.17) is 16.3 Å². The lowest BCUT2D eigenvalue weighted by Crippen LogP contribution is -2.52. The predicted octanol–water partition coefficient (Wildman–Crippen LogP) is 5.22. The molecule has 0 fully saturated rings. The van der Waals surface area contributed by atoms with Gasteiger partial charge in [0.2, 0.25) is 11.8 Å². The Morgan fingerprint density at radius 1 is 1.08 bits per heavy atom. The fraction of sp³-hybridized carbons (Fsp3) is 0.296. The number of hydrogen-bond acceptors (Lipinski definition) is 5. The first-order chi connectivity index (χ1) is 17.1. The maximum absolute atomic E-state index is 13.8. The fourth-order valence-corrected chi connectivity index (χ4v) is 4.34. The standard InChI is InChI=1S/C27H30ClN3O4S/c1-5-27(2,3)30-26(34)24(18-9-6-12-21(15-18)35-4)31(20-11-7-10-19(28)16-20)23(32)17-29-25(33)22-13-8-14-36-22/h6-16,24H,5,17H2,1-4H3,(H,29,33)(H,30,34)/t24-/m0/s1. The molecule has 0 spiro atoms. The van der Waals surface area contributed by atoms with Crippen LogP contribution in [0.2, 0.25) is 5.02 Å². The van der Waals surface area contributed by atoms with Crippen LogP contribution in [0, 0.1) is 0 Å². The van der Waals surface area contributed by atoms with Gasteiger partial charge in [0.1, 0.15) is 11.8 Å². The van der Waals surface area contributed by atoms with Gasteiger partial charge in [-0.2, -0.15) is 0 Å². The highest BCUT2D eigenvalue weighted by Crippen LogP contribution is 2.32. The second kappa shape index (κ2) is 12.1. The van der Waals surface area contributed by atoms with Gasteiger partial charge >= 0.3 is 0 Å². The number of anilines is 1. The third-order valence-electron chi connectivity index (χ3n) is 5.76. The SMILES string of the molecule is CCC(C)(C)NC(=O)[C@H](c1cccc(OC)c1)N(C(=O)CNC(=O)c1cccs1)c1cccc(Cl)c1. The first-order valence-corrected chi connectivity index (χ1v) is 12.8. The summed E-state index contributed by atoms with van der Waals surface area (Å²) in [6.45, 7) is 5.50. The molecule has 0 unspecified atom stereocenters. The Kier molecular flexibility index (Phi) is 9.12. The van der Waals surface area contributed by atoms with Gasteiger partial charge in [-0.3, -0.25) is 19.3 Å². The zero-order chi connectivity index (χ0) is 26.3. The van der Waals surface area contributed by atoms with E-state index in [1.54, 1.807) is 66.0 Å². The number of carbonyl (C=O) groups excluding carboxylic acids is 3. The molecule has 3 amide bonds. The second-order valence-corrected chi connectivity index (χ2v) is 10.2. The van der Waals surface area contributed by atoms with E-state index in [2.05, 4.69) is 10.6 Å². The number of amides is 3. The summed E-state index contributed by atoms with van der Waals surface area (Å²) in [6.07, 6.45) is 0.686. The van der Waals surface area contributed by atoms with Crippen LogP contribution < -0.4 is 20.3 Å². The van der Waals surface area contributed by atoms with Crippen LogP contribution in [-0.2, 0) is 9.59 Å². The van der Waals surface area contributed by atoms with Gasteiger partial charge in [0.15, 0.2) is 0 Å². The number of ether oxygens (including phenoxy) is 1. The van der Waals surface area contributed by atoms with Crippen LogP contribution >= 0.6 is 22.9 Å². The number of benzene rings is 2. The van der Waals surface area contributed by atoms with Crippen LogP contribution in [0.15, 0.2) is 66.0 Å². The molecule has 190 valence electrons. The molecule has 3 rings (SSSR count). The molecule has 1 heterocycles. The Morgan fingerprint density at radius 2 is 1.83 bits per heavy atom. The van der Waals surface area contributed by atoms with E-state index >= 15 is 0 Å². The molecule has 0 saturated heterocycles. The smallest absolute Gasteiger partial charge is 0.261 e. The Bertz CT molecular complexity index is 1210. The fourth-order valence-electron chi connectivity index (χ4n) is 3.52.